The normalized spacial score (nSPS) is 24.1. The lowest BCUT2D eigenvalue weighted by atomic mass is 9.85. The van der Waals surface area contributed by atoms with Crippen molar-refractivity contribution in [3.05, 3.63) is 35.9 Å². The maximum Gasteiger partial charge on any atom is 0.234 e. The Morgan fingerprint density at radius 2 is 2.04 bits per heavy atom. The summed E-state index contributed by atoms with van der Waals surface area (Å²) < 4.78 is 0. The SMILES string of the molecule is O=C1CN(C[C@@H]2CCC[C@@H](NC(=O)CCCc3ccccc3)C2)CCCN1. The molecule has 2 aliphatic rings. The first-order chi connectivity index (χ1) is 13.2. The molecule has 1 aromatic rings. The van der Waals surface area contributed by atoms with E-state index in [9.17, 15) is 9.59 Å². The average Bonchev–Trinajstić information content (AvgIpc) is 2.86. The van der Waals surface area contributed by atoms with E-state index in [2.05, 4.69) is 27.7 Å². The number of amides is 2. The van der Waals surface area contributed by atoms with Crippen molar-refractivity contribution in [3.8, 4) is 0 Å². The fourth-order valence-electron chi connectivity index (χ4n) is 4.38. The standard InChI is InChI=1S/C22H33N3O2/c26-21(12-5-9-18-7-2-1-3-8-18)24-20-11-4-10-19(15-20)16-25-14-6-13-23-22(27)17-25/h1-3,7-8,19-20H,4-6,9-17H2,(H,23,27)(H,24,26)/t19-,20-/m1/s1. The van der Waals surface area contributed by atoms with Gasteiger partial charge in [0.05, 0.1) is 6.54 Å². The smallest absolute Gasteiger partial charge is 0.234 e. The minimum absolute atomic E-state index is 0.145. The minimum Gasteiger partial charge on any atom is -0.355 e. The molecule has 5 heteroatoms. The molecule has 0 unspecified atom stereocenters. The number of benzene rings is 1. The third kappa shape index (κ3) is 6.98. The zero-order chi connectivity index (χ0) is 18.9. The minimum atomic E-state index is 0.145. The predicted molar refractivity (Wildman–Crippen MR) is 107 cm³/mol. The molecule has 0 bridgehead atoms. The lowest BCUT2D eigenvalue weighted by Crippen LogP contribution is -2.42. The first-order valence-corrected chi connectivity index (χ1v) is 10.5. The highest BCUT2D eigenvalue weighted by atomic mass is 16.2. The van der Waals surface area contributed by atoms with Crippen LogP contribution in [-0.2, 0) is 16.0 Å². The summed E-state index contributed by atoms with van der Waals surface area (Å²) in [6.45, 7) is 3.29. The number of hydrogen-bond acceptors (Lipinski definition) is 3. The third-order valence-electron chi connectivity index (χ3n) is 5.72. The van der Waals surface area contributed by atoms with Crippen molar-refractivity contribution in [1.29, 1.82) is 0 Å². The van der Waals surface area contributed by atoms with Crippen LogP contribution in [-0.4, -0.2) is 48.9 Å². The van der Waals surface area contributed by atoms with Crippen LogP contribution >= 0.6 is 0 Å². The molecule has 5 nitrogen and oxygen atoms in total. The van der Waals surface area contributed by atoms with Gasteiger partial charge in [0.25, 0.3) is 0 Å². The Morgan fingerprint density at radius 3 is 2.89 bits per heavy atom. The van der Waals surface area contributed by atoms with E-state index in [0.29, 0.717) is 24.9 Å². The molecule has 1 heterocycles. The summed E-state index contributed by atoms with van der Waals surface area (Å²) in [5, 5.41) is 6.20. The van der Waals surface area contributed by atoms with Crippen LogP contribution in [0.5, 0.6) is 0 Å². The fourth-order valence-corrected chi connectivity index (χ4v) is 4.38. The predicted octanol–water partition coefficient (Wildman–Crippen LogP) is 2.51. The molecule has 0 spiro atoms. The van der Waals surface area contributed by atoms with Gasteiger partial charge in [0, 0.05) is 32.1 Å². The van der Waals surface area contributed by atoms with Gasteiger partial charge in [-0.2, -0.15) is 0 Å². The molecule has 1 aliphatic heterocycles. The van der Waals surface area contributed by atoms with Crippen molar-refractivity contribution >= 4 is 11.8 Å². The molecule has 3 rings (SSSR count). The van der Waals surface area contributed by atoms with E-state index in [4.69, 9.17) is 0 Å². The van der Waals surface area contributed by atoms with Crippen molar-refractivity contribution in [3.63, 3.8) is 0 Å². The molecule has 0 aromatic heterocycles. The van der Waals surface area contributed by atoms with Crippen molar-refractivity contribution in [2.24, 2.45) is 5.92 Å². The lowest BCUT2D eigenvalue weighted by Gasteiger charge is -2.33. The Bertz CT molecular complexity index is 605. The molecule has 148 valence electrons. The van der Waals surface area contributed by atoms with Crippen LogP contribution in [0, 0.1) is 5.92 Å². The van der Waals surface area contributed by atoms with Crippen LogP contribution in [0.4, 0.5) is 0 Å². The van der Waals surface area contributed by atoms with Gasteiger partial charge in [-0.3, -0.25) is 14.5 Å². The number of carbonyl (C=O) groups is 2. The van der Waals surface area contributed by atoms with Gasteiger partial charge in [0.15, 0.2) is 0 Å². The summed E-state index contributed by atoms with van der Waals surface area (Å²) in [4.78, 5) is 26.3. The molecule has 1 saturated heterocycles. The van der Waals surface area contributed by atoms with Gasteiger partial charge in [-0.05, 0) is 50.0 Å². The molecule has 2 amide bonds. The van der Waals surface area contributed by atoms with Gasteiger partial charge in [0.1, 0.15) is 0 Å². The van der Waals surface area contributed by atoms with Gasteiger partial charge >= 0.3 is 0 Å². The Balaban J connectivity index is 1.37. The van der Waals surface area contributed by atoms with E-state index in [1.807, 2.05) is 18.2 Å². The van der Waals surface area contributed by atoms with Crippen molar-refractivity contribution in [1.82, 2.24) is 15.5 Å². The second-order valence-electron chi connectivity index (χ2n) is 8.07. The lowest BCUT2D eigenvalue weighted by molar-refractivity contribution is -0.122. The van der Waals surface area contributed by atoms with Crippen LogP contribution in [0.3, 0.4) is 0 Å². The zero-order valence-electron chi connectivity index (χ0n) is 16.3. The molecule has 1 saturated carbocycles. The van der Waals surface area contributed by atoms with Gasteiger partial charge in [0.2, 0.25) is 11.8 Å². The number of carbonyl (C=O) groups excluding carboxylic acids is 2. The molecule has 27 heavy (non-hydrogen) atoms. The van der Waals surface area contributed by atoms with E-state index in [1.165, 1.54) is 18.4 Å². The summed E-state index contributed by atoms with van der Waals surface area (Å²) in [6, 6.07) is 10.7. The fraction of sp³-hybridized carbons (Fsp3) is 0.636. The molecular formula is C22H33N3O2. The van der Waals surface area contributed by atoms with Crippen molar-refractivity contribution in [2.75, 3.05) is 26.2 Å². The zero-order valence-corrected chi connectivity index (χ0v) is 16.3. The van der Waals surface area contributed by atoms with Crippen LogP contribution in [0.1, 0.15) is 50.5 Å². The van der Waals surface area contributed by atoms with Gasteiger partial charge in [-0.1, -0.05) is 36.8 Å². The Hall–Kier alpha value is -1.88. The molecule has 2 fully saturated rings. The second kappa shape index (κ2) is 10.5. The highest BCUT2D eigenvalue weighted by molar-refractivity contribution is 5.78. The summed E-state index contributed by atoms with van der Waals surface area (Å²) in [6.07, 6.45) is 7.98. The summed E-state index contributed by atoms with van der Waals surface area (Å²) in [5.74, 6) is 0.913. The number of rotatable bonds is 7. The highest BCUT2D eigenvalue weighted by Crippen LogP contribution is 2.25. The van der Waals surface area contributed by atoms with E-state index < -0.39 is 0 Å². The number of aryl methyl sites for hydroxylation is 1. The second-order valence-corrected chi connectivity index (χ2v) is 8.07. The van der Waals surface area contributed by atoms with Gasteiger partial charge < -0.3 is 10.6 Å². The quantitative estimate of drug-likeness (QED) is 0.774. The first kappa shape index (κ1) is 19.9. The highest BCUT2D eigenvalue weighted by Gasteiger charge is 2.26. The molecule has 0 radical (unpaired) electrons. The molecular weight excluding hydrogens is 338 g/mol. The molecule has 1 aliphatic carbocycles. The van der Waals surface area contributed by atoms with E-state index >= 15 is 0 Å². The van der Waals surface area contributed by atoms with E-state index in [0.717, 1.165) is 51.7 Å². The monoisotopic (exact) mass is 371 g/mol. The van der Waals surface area contributed by atoms with Gasteiger partial charge in [-0.15, -0.1) is 0 Å². The Kier molecular flexibility index (Phi) is 7.69. The average molecular weight is 372 g/mol. The Morgan fingerprint density at radius 1 is 1.19 bits per heavy atom. The topological polar surface area (TPSA) is 61.4 Å². The summed E-state index contributed by atoms with van der Waals surface area (Å²) in [7, 11) is 0. The number of nitrogens with zero attached hydrogens (tertiary/aromatic N) is 1. The molecule has 2 atom stereocenters. The largest absolute Gasteiger partial charge is 0.355 e. The van der Waals surface area contributed by atoms with Crippen LogP contribution in [0.2, 0.25) is 0 Å². The molecule has 1 aromatic carbocycles. The van der Waals surface area contributed by atoms with Gasteiger partial charge in [-0.25, -0.2) is 0 Å². The maximum atomic E-state index is 12.3. The van der Waals surface area contributed by atoms with E-state index in [1.54, 1.807) is 0 Å². The third-order valence-corrected chi connectivity index (χ3v) is 5.72. The number of hydrogen-bond donors (Lipinski definition) is 2. The maximum absolute atomic E-state index is 12.3. The Labute approximate surface area is 162 Å². The van der Waals surface area contributed by atoms with Crippen LogP contribution in [0.15, 0.2) is 30.3 Å². The summed E-state index contributed by atoms with van der Waals surface area (Å²) in [5.41, 5.74) is 1.30. The summed E-state index contributed by atoms with van der Waals surface area (Å²) >= 11 is 0. The van der Waals surface area contributed by atoms with E-state index in [-0.39, 0.29) is 11.8 Å². The van der Waals surface area contributed by atoms with Crippen LogP contribution < -0.4 is 10.6 Å². The van der Waals surface area contributed by atoms with Crippen molar-refractivity contribution < 1.29 is 9.59 Å². The number of nitrogens with one attached hydrogen (secondary N) is 2. The molecule has 2 N–H and O–H groups in total. The van der Waals surface area contributed by atoms with Crippen molar-refractivity contribution in [2.45, 2.75) is 57.4 Å². The first-order valence-electron chi connectivity index (χ1n) is 10.5. The van der Waals surface area contributed by atoms with Crippen LogP contribution in [0.25, 0.3) is 0 Å².